The number of methoxy groups -OCH3 is 1. The lowest BCUT2D eigenvalue weighted by Crippen LogP contribution is -2.41. The largest absolute Gasteiger partial charge is 0.500 e. The highest BCUT2D eigenvalue weighted by atomic mass is 16.7. The first kappa shape index (κ1) is 13.4. The van der Waals surface area contributed by atoms with Crippen LogP contribution in [0.5, 0.6) is 5.88 Å². The van der Waals surface area contributed by atoms with Crippen LogP contribution in [-0.2, 0) is 9.31 Å². The summed E-state index contributed by atoms with van der Waals surface area (Å²) in [5, 5.41) is 7.89. The highest BCUT2D eigenvalue weighted by Crippen LogP contribution is 2.37. The molecule has 3 rings (SSSR count). The van der Waals surface area contributed by atoms with Crippen molar-refractivity contribution >= 4 is 18.2 Å². The van der Waals surface area contributed by atoms with Crippen molar-refractivity contribution < 1.29 is 14.0 Å². The van der Waals surface area contributed by atoms with E-state index >= 15 is 0 Å². The van der Waals surface area contributed by atoms with Crippen LogP contribution in [-0.4, -0.2) is 40.0 Å². The van der Waals surface area contributed by atoms with Crippen LogP contribution in [0.15, 0.2) is 18.5 Å². The Bertz CT molecular complexity index is 637. The minimum absolute atomic E-state index is 0.384. The van der Waals surface area contributed by atoms with Gasteiger partial charge in [-0.1, -0.05) is 6.07 Å². The predicted octanol–water partition coefficient (Wildman–Crippen LogP) is 1.04. The van der Waals surface area contributed by atoms with Gasteiger partial charge in [-0.15, -0.1) is 10.2 Å². The van der Waals surface area contributed by atoms with Crippen molar-refractivity contribution in [1.29, 1.82) is 0 Å². The quantitative estimate of drug-likeness (QED) is 0.766. The van der Waals surface area contributed by atoms with Crippen LogP contribution >= 0.6 is 0 Å². The molecule has 106 valence electrons. The molecule has 0 atom stereocenters. The monoisotopic (exact) mass is 275 g/mol. The van der Waals surface area contributed by atoms with Crippen molar-refractivity contribution in [1.82, 2.24) is 14.6 Å². The summed E-state index contributed by atoms with van der Waals surface area (Å²) < 4.78 is 19.4. The molecule has 0 aromatic carbocycles. The van der Waals surface area contributed by atoms with E-state index in [0.717, 1.165) is 11.1 Å². The minimum Gasteiger partial charge on any atom is -0.482 e. The molecule has 6 nitrogen and oxygen atoms in total. The summed E-state index contributed by atoms with van der Waals surface area (Å²) in [6, 6.07) is 3.78. The summed E-state index contributed by atoms with van der Waals surface area (Å²) >= 11 is 0. The Hall–Kier alpha value is -1.60. The fraction of sp³-hybridized carbons (Fsp3) is 0.538. The van der Waals surface area contributed by atoms with E-state index in [2.05, 4.69) is 10.2 Å². The average molecular weight is 275 g/mol. The molecule has 0 radical (unpaired) electrons. The van der Waals surface area contributed by atoms with Gasteiger partial charge in [-0.25, -0.2) is 0 Å². The highest BCUT2D eigenvalue weighted by molar-refractivity contribution is 6.63. The minimum atomic E-state index is -0.471. The summed E-state index contributed by atoms with van der Waals surface area (Å²) in [4.78, 5) is 0. The van der Waals surface area contributed by atoms with Gasteiger partial charge in [0.15, 0.2) is 11.5 Å². The summed E-state index contributed by atoms with van der Waals surface area (Å²) in [6.07, 6.45) is 1.61. The zero-order chi connectivity index (χ0) is 14.5. The van der Waals surface area contributed by atoms with Crippen molar-refractivity contribution in [2.24, 2.45) is 0 Å². The molecule has 0 aliphatic carbocycles. The number of rotatable bonds is 2. The lowest BCUT2D eigenvalue weighted by molar-refractivity contribution is 0.00578. The van der Waals surface area contributed by atoms with Gasteiger partial charge < -0.3 is 14.0 Å². The van der Waals surface area contributed by atoms with Gasteiger partial charge in [0.1, 0.15) is 6.33 Å². The Morgan fingerprint density at radius 1 is 1.15 bits per heavy atom. The van der Waals surface area contributed by atoms with Gasteiger partial charge >= 0.3 is 7.12 Å². The maximum atomic E-state index is 6.06. The molecule has 1 aliphatic heterocycles. The molecule has 0 bridgehead atoms. The van der Waals surface area contributed by atoms with Gasteiger partial charge in [-0.2, -0.15) is 0 Å². The Labute approximate surface area is 118 Å². The third kappa shape index (κ3) is 1.81. The maximum Gasteiger partial charge on any atom is 0.500 e. The summed E-state index contributed by atoms with van der Waals surface area (Å²) in [7, 11) is 1.14. The van der Waals surface area contributed by atoms with E-state index in [4.69, 9.17) is 14.0 Å². The number of aromatic nitrogens is 3. The van der Waals surface area contributed by atoms with E-state index in [9.17, 15) is 0 Å². The lowest BCUT2D eigenvalue weighted by atomic mass is 9.79. The Morgan fingerprint density at radius 3 is 2.40 bits per heavy atom. The molecule has 2 aromatic rings. The molecule has 0 spiro atoms. The van der Waals surface area contributed by atoms with E-state index in [0.29, 0.717) is 5.88 Å². The van der Waals surface area contributed by atoms with Gasteiger partial charge in [-0.3, -0.25) is 4.40 Å². The van der Waals surface area contributed by atoms with Crippen molar-refractivity contribution in [3.63, 3.8) is 0 Å². The van der Waals surface area contributed by atoms with Crippen LogP contribution in [0.4, 0.5) is 0 Å². The van der Waals surface area contributed by atoms with Crippen LogP contribution in [0.2, 0.25) is 0 Å². The van der Waals surface area contributed by atoms with Crippen LogP contribution in [0.25, 0.3) is 5.65 Å². The summed E-state index contributed by atoms with van der Waals surface area (Å²) in [5.74, 6) is 0.631. The first-order chi connectivity index (χ1) is 9.36. The highest BCUT2D eigenvalue weighted by Gasteiger charge is 2.52. The smallest absolute Gasteiger partial charge is 0.482 e. The molecule has 0 amide bonds. The first-order valence-corrected chi connectivity index (χ1v) is 6.58. The second-order valence-electron chi connectivity index (χ2n) is 5.95. The normalized spacial score (nSPS) is 20.6. The predicted molar refractivity (Wildman–Crippen MR) is 75.3 cm³/mol. The van der Waals surface area contributed by atoms with Crippen LogP contribution in [0.1, 0.15) is 27.7 Å². The van der Waals surface area contributed by atoms with E-state index in [1.165, 1.54) is 0 Å². The molecule has 7 heteroatoms. The van der Waals surface area contributed by atoms with Gasteiger partial charge in [0.2, 0.25) is 0 Å². The third-order valence-electron chi connectivity index (χ3n) is 4.15. The average Bonchev–Trinajstić information content (AvgIpc) is 2.91. The third-order valence-corrected chi connectivity index (χ3v) is 4.15. The molecular weight excluding hydrogens is 257 g/mol. The molecule has 0 N–H and O–H groups in total. The SMILES string of the molecule is COc1c(B2OC(C)(C)C(C)(C)O2)ccc2nncn12. The Morgan fingerprint density at radius 2 is 1.80 bits per heavy atom. The summed E-state index contributed by atoms with van der Waals surface area (Å²) in [6.45, 7) is 8.10. The van der Waals surface area contributed by atoms with Gasteiger partial charge in [-0.05, 0) is 33.8 Å². The molecule has 1 saturated heterocycles. The van der Waals surface area contributed by atoms with Crippen molar-refractivity contribution in [3.05, 3.63) is 18.5 Å². The van der Waals surface area contributed by atoms with E-state index in [1.807, 2.05) is 39.8 Å². The number of hydrogen-bond acceptors (Lipinski definition) is 5. The second kappa shape index (κ2) is 4.20. The zero-order valence-corrected chi connectivity index (χ0v) is 12.4. The fourth-order valence-electron chi connectivity index (χ4n) is 2.25. The van der Waals surface area contributed by atoms with Crippen molar-refractivity contribution in [2.45, 2.75) is 38.9 Å². The van der Waals surface area contributed by atoms with Crippen molar-refractivity contribution in [3.8, 4) is 5.88 Å². The van der Waals surface area contributed by atoms with Gasteiger partial charge in [0, 0.05) is 5.46 Å². The molecule has 20 heavy (non-hydrogen) atoms. The molecule has 1 aliphatic rings. The lowest BCUT2D eigenvalue weighted by Gasteiger charge is -2.32. The molecular formula is C13H18BN3O3. The molecule has 1 fully saturated rings. The number of fused-ring (bicyclic) bond motifs is 1. The molecule has 3 heterocycles. The maximum absolute atomic E-state index is 6.06. The summed E-state index contributed by atoms with van der Waals surface area (Å²) in [5.41, 5.74) is 0.788. The van der Waals surface area contributed by atoms with Crippen LogP contribution in [0.3, 0.4) is 0 Å². The van der Waals surface area contributed by atoms with E-state index < -0.39 is 7.12 Å². The van der Waals surface area contributed by atoms with Crippen LogP contribution < -0.4 is 10.2 Å². The van der Waals surface area contributed by atoms with Gasteiger partial charge in [0.05, 0.1) is 18.3 Å². The number of hydrogen-bond donors (Lipinski definition) is 0. The molecule has 0 unspecified atom stereocenters. The van der Waals surface area contributed by atoms with Gasteiger partial charge in [0.25, 0.3) is 0 Å². The Balaban J connectivity index is 2.07. The number of pyridine rings is 1. The van der Waals surface area contributed by atoms with E-state index in [-0.39, 0.29) is 11.2 Å². The van der Waals surface area contributed by atoms with E-state index in [1.54, 1.807) is 17.8 Å². The fourth-order valence-corrected chi connectivity index (χ4v) is 2.25. The number of nitrogens with zero attached hydrogens (tertiary/aromatic N) is 3. The first-order valence-electron chi connectivity index (χ1n) is 6.58. The van der Waals surface area contributed by atoms with Crippen LogP contribution in [0, 0.1) is 0 Å². The topological polar surface area (TPSA) is 57.9 Å². The zero-order valence-electron chi connectivity index (χ0n) is 12.4. The standard InChI is InChI=1S/C13H18BN3O3/c1-12(2)13(3,4)20-14(19-12)9-6-7-10-16-15-8-17(10)11(9)18-5/h6-8H,1-5H3. The molecule has 2 aromatic heterocycles. The number of ether oxygens (including phenoxy) is 1. The van der Waals surface area contributed by atoms with Crippen molar-refractivity contribution in [2.75, 3.05) is 7.11 Å². The Kier molecular flexibility index (Phi) is 2.81. The molecule has 0 saturated carbocycles. The second-order valence-corrected chi connectivity index (χ2v) is 5.95.